The molecule has 1 heterocycles. The molecule has 1 aliphatic rings. The van der Waals surface area contributed by atoms with Gasteiger partial charge in [-0.05, 0) is 25.0 Å². The second-order valence-electron chi connectivity index (χ2n) is 4.68. The fourth-order valence-corrected chi connectivity index (χ4v) is 2.57. The standard InChI is InChI=1S/C14H23NO3S/c1-16-6-7-17-8-9-18-11-14-5-4-13(19-14)10-15-12-2-3-12/h4-5,12,15H,2-3,6-11H2,1H3. The van der Waals surface area contributed by atoms with Crippen molar-refractivity contribution < 1.29 is 14.2 Å². The first kappa shape index (κ1) is 14.9. The van der Waals surface area contributed by atoms with Crippen LogP contribution in [0.1, 0.15) is 22.6 Å². The molecule has 0 radical (unpaired) electrons. The van der Waals surface area contributed by atoms with Gasteiger partial charge in [0, 0.05) is 29.5 Å². The van der Waals surface area contributed by atoms with Crippen molar-refractivity contribution in [3.8, 4) is 0 Å². The van der Waals surface area contributed by atoms with E-state index in [-0.39, 0.29) is 0 Å². The highest BCUT2D eigenvalue weighted by Gasteiger charge is 2.20. The van der Waals surface area contributed by atoms with E-state index in [2.05, 4.69) is 17.4 Å². The minimum absolute atomic E-state index is 0.630. The molecule has 0 bridgehead atoms. The summed E-state index contributed by atoms with van der Waals surface area (Å²) < 4.78 is 15.8. The van der Waals surface area contributed by atoms with Crippen molar-refractivity contribution in [1.29, 1.82) is 0 Å². The monoisotopic (exact) mass is 285 g/mol. The maximum absolute atomic E-state index is 5.58. The summed E-state index contributed by atoms with van der Waals surface area (Å²) in [4.78, 5) is 2.67. The third-order valence-electron chi connectivity index (χ3n) is 2.91. The lowest BCUT2D eigenvalue weighted by Gasteiger charge is -2.04. The predicted molar refractivity (Wildman–Crippen MR) is 76.5 cm³/mol. The average molecular weight is 285 g/mol. The normalized spacial score (nSPS) is 15.0. The molecule has 5 heteroatoms. The molecule has 1 saturated carbocycles. The average Bonchev–Trinajstić information content (AvgIpc) is 3.15. The molecule has 0 aromatic carbocycles. The predicted octanol–water partition coefficient (Wildman–Crippen LogP) is 2.18. The van der Waals surface area contributed by atoms with Crippen molar-refractivity contribution in [2.75, 3.05) is 33.5 Å². The second-order valence-corrected chi connectivity index (χ2v) is 5.93. The molecule has 0 saturated heterocycles. The SMILES string of the molecule is COCCOCCOCc1ccc(CNC2CC2)s1. The van der Waals surface area contributed by atoms with Gasteiger partial charge >= 0.3 is 0 Å². The third kappa shape index (κ3) is 6.49. The fraction of sp³-hybridized carbons (Fsp3) is 0.714. The summed E-state index contributed by atoms with van der Waals surface area (Å²) in [6.45, 7) is 4.22. The smallest absolute Gasteiger partial charge is 0.0810 e. The molecule has 1 aromatic heterocycles. The maximum Gasteiger partial charge on any atom is 0.0810 e. The van der Waals surface area contributed by atoms with E-state index in [4.69, 9.17) is 14.2 Å². The molecule has 0 unspecified atom stereocenters. The van der Waals surface area contributed by atoms with Crippen molar-refractivity contribution in [3.05, 3.63) is 21.9 Å². The van der Waals surface area contributed by atoms with Gasteiger partial charge in [0.25, 0.3) is 0 Å². The van der Waals surface area contributed by atoms with Crippen LogP contribution in [0.5, 0.6) is 0 Å². The van der Waals surface area contributed by atoms with Crippen molar-refractivity contribution >= 4 is 11.3 Å². The lowest BCUT2D eigenvalue weighted by atomic mass is 10.4. The Balaban J connectivity index is 1.50. The number of hydrogen-bond acceptors (Lipinski definition) is 5. The Kier molecular flexibility index (Phi) is 6.81. The van der Waals surface area contributed by atoms with Gasteiger partial charge in [-0.15, -0.1) is 11.3 Å². The zero-order chi connectivity index (χ0) is 13.3. The van der Waals surface area contributed by atoms with Crippen LogP contribution in [0.3, 0.4) is 0 Å². The largest absolute Gasteiger partial charge is 0.382 e. The van der Waals surface area contributed by atoms with E-state index < -0.39 is 0 Å². The summed E-state index contributed by atoms with van der Waals surface area (Å²) in [7, 11) is 1.67. The summed E-state index contributed by atoms with van der Waals surface area (Å²) >= 11 is 1.83. The molecule has 4 nitrogen and oxygen atoms in total. The van der Waals surface area contributed by atoms with Crippen LogP contribution in [-0.2, 0) is 27.4 Å². The topological polar surface area (TPSA) is 39.7 Å². The Labute approximate surface area is 119 Å². The van der Waals surface area contributed by atoms with Crippen molar-refractivity contribution in [1.82, 2.24) is 5.32 Å². The zero-order valence-corrected chi connectivity index (χ0v) is 12.3. The summed E-state index contributed by atoms with van der Waals surface area (Å²) in [6, 6.07) is 5.11. The van der Waals surface area contributed by atoms with Gasteiger partial charge < -0.3 is 19.5 Å². The number of nitrogens with one attached hydrogen (secondary N) is 1. The van der Waals surface area contributed by atoms with Gasteiger partial charge in [0.2, 0.25) is 0 Å². The Bertz CT molecular complexity index is 352. The van der Waals surface area contributed by atoms with E-state index >= 15 is 0 Å². The van der Waals surface area contributed by atoms with E-state index in [0.717, 1.165) is 12.6 Å². The Morgan fingerprint density at radius 3 is 2.63 bits per heavy atom. The lowest BCUT2D eigenvalue weighted by Crippen LogP contribution is -2.14. The van der Waals surface area contributed by atoms with Crippen LogP contribution in [0, 0.1) is 0 Å². The van der Waals surface area contributed by atoms with E-state index in [1.54, 1.807) is 7.11 Å². The van der Waals surface area contributed by atoms with Crippen LogP contribution in [0.25, 0.3) is 0 Å². The van der Waals surface area contributed by atoms with Crippen LogP contribution in [-0.4, -0.2) is 39.6 Å². The molecule has 1 N–H and O–H groups in total. The molecule has 108 valence electrons. The summed E-state index contributed by atoms with van der Waals surface area (Å²) in [6.07, 6.45) is 2.68. The van der Waals surface area contributed by atoms with Crippen molar-refractivity contribution in [2.24, 2.45) is 0 Å². The Morgan fingerprint density at radius 1 is 1.11 bits per heavy atom. The van der Waals surface area contributed by atoms with Crippen molar-refractivity contribution in [3.63, 3.8) is 0 Å². The molecule has 1 aliphatic carbocycles. The minimum atomic E-state index is 0.630. The highest BCUT2D eigenvalue weighted by molar-refractivity contribution is 7.11. The first-order chi connectivity index (χ1) is 9.38. The molecule has 0 spiro atoms. The van der Waals surface area contributed by atoms with Crippen LogP contribution in [0.4, 0.5) is 0 Å². The molecule has 2 rings (SSSR count). The van der Waals surface area contributed by atoms with Gasteiger partial charge in [-0.25, -0.2) is 0 Å². The fourth-order valence-electron chi connectivity index (χ4n) is 1.66. The number of thiophene rings is 1. The van der Waals surface area contributed by atoms with Gasteiger partial charge in [0.05, 0.1) is 33.0 Å². The highest BCUT2D eigenvalue weighted by atomic mass is 32.1. The zero-order valence-electron chi connectivity index (χ0n) is 11.5. The molecule has 19 heavy (non-hydrogen) atoms. The van der Waals surface area contributed by atoms with E-state index in [1.165, 1.54) is 22.6 Å². The van der Waals surface area contributed by atoms with Gasteiger partial charge in [-0.1, -0.05) is 0 Å². The molecule has 1 aromatic rings. The number of methoxy groups -OCH3 is 1. The Morgan fingerprint density at radius 2 is 1.84 bits per heavy atom. The van der Waals surface area contributed by atoms with E-state index in [9.17, 15) is 0 Å². The molecular weight excluding hydrogens is 262 g/mol. The van der Waals surface area contributed by atoms with Gasteiger partial charge in [0.15, 0.2) is 0 Å². The number of ether oxygens (including phenoxy) is 3. The summed E-state index contributed by atoms with van der Waals surface area (Å²) in [5, 5.41) is 3.52. The number of rotatable bonds is 11. The van der Waals surface area contributed by atoms with Crippen LogP contribution in [0.15, 0.2) is 12.1 Å². The quantitative estimate of drug-likeness (QED) is 0.633. The van der Waals surface area contributed by atoms with Crippen LogP contribution >= 0.6 is 11.3 Å². The Hall–Kier alpha value is -0.460. The molecular formula is C14H23NO3S. The van der Waals surface area contributed by atoms with Crippen molar-refractivity contribution in [2.45, 2.75) is 32.0 Å². The second kappa shape index (κ2) is 8.66. The lowest BCUT2D eigenvalue weighted by molar-refractivity contribution is 0.0205. The first-order valence-electron chi connectivity index (χ1n) is 6.84. The van der Waals surface area contributed by atoms with Crippen LogP contribution < -0.4 is 5.32 Å². The van der Waals surface area contributed by atoms with E-state index in [0.29, 0.717) is 33.0 Å². The number of hydrogen-bond donors (Lipinski definition) is 1. The van der Waals surface area contributed by atoms with Gasteiger partial charge in [-0.2, -0.15) is 0 Å². The summed E-state index contributed by atoms with van der Waals surface area (Å²) in [5.74, 6) is 0. The molecule has 1 fully saturated rings. The third-order valence-corrected chi connectivity index (χ3v) is 3.97. The van der Waals surface area contributed by atoms with Gasteiger partial charge in [0.1, 0.15) is 0 Å². The van der Waals surface area contributed by atoms with Crippen LogP contribution in [0.2, 0.25) is 0 Å². The molecule has 0 aliphatic heterocycles. The molecule has 0 amide bonds. The minimum Gasteiger partial charge on any atom is -0.382 e. The maximum atomic E-state index is 5.58. The molecule has 0 atom stereocenters. The highest BCUT2D eigenvalue weighted by Crippen LogP contribution is 2.22. The first-order valence-corrected chi connectivity index (χ1v) is 7.65. The van der Waals surface area contributed by atoms with Gasteiger partial charge in [-0.3, -0.25) is 0 Å². The van der Waals surface area contributed by atoms with E-state index in [1.807, 2.05) is 11.3 Å². The summed E-state index contributed by atoms with van der Waals surface area (Å²) in [5.41, 5.74) is 0.